The minimum absolute atomic E-state index is 0.136. The first-order valence-electron chi connectivity index (χ1n) is 9.76. The van der Waals surface area contributed by atoms with Gasteiger partial charge in [-0.2, -0.15) is 0 Å². The van der Waals surface area contributed by atoms with E-state index in [-0.39, 0.29) is 5.91 Å². The number of carbonyl (C=O) groups excluding carboxylic acids is 1. The summed E-state index contributed by atoms with van der Waals surface area (Å²) in [4.78, 5) is 24.3. The Balaban J connectivity index is 1.24. The number of aromatic nitrogens is 2. The van der Waals surface area contributed by atoms with E-state index in [0.717, 1.165) is 40.3 Å². The van der Waals surface area contributed by atoms with Crippen LogP contribution in [0.4, 0.5) is 0 Å². The van der Waals surface area contributed by atoms with Crippen molar-refractivity contribution >= 4 is 40.0 Å². The Morgan fingerprint density at radius 3 is 2.66 bits per heavy atom. The number of hydrogen-bond acceptors (Lipinski definition) is 4. The third kappa shape index (κ3) is 4.23. The summed E-state index contributed by atoms with van der Waals surface area (Å²) in [6, 6.07) is 20.6. The van der Waals surface area contributed by atoms with Gasteiger partial charge in [-0.05, 0) is 54.1 Å². The molecule has 2 aromatic heterocycles. The Bertz CT molecular complexity index is 1080. The van der Waals surface area contributed by atoms with E-state index in [9.17, 15) is 4.79 Å². The third-order valence-corrected chi connectivity index (χ3v) is 6.90. The van der Waals surface area contributed by atoms with Gasteiger partial charge in [-0.15, -0.1) is 11.3 Å². The molecule has 2 aromatic carbocycles. The van der Waals surface area contributed by atoms with Crippen LogP contribution in [0.5, 0.6) is 0 Å². The van der Waals surface area contributed by atoms with E-state index in [1.54, 1.807) is 23.1 Å². The Hall–Kier alpha value is -2.57. The molecule has 1 amide bonds. The summed E-state index contributed by atoms with van der Waals surface area (Å²) in [6.07, 6.45) is 2.23. The van der Waals surface area contributed by atoms with Gasteiger partial charge in [-0.3, -0.25) is 4.79 Å². The van der Waals surface area contributed by atoms with E-state index in [1.807, 2.05) is 47.4 Å². The van der Waals surface area contributed by atoms with Crippen molar-refractivity contribution in [1.82, 2.24) is 14.9 Å². The van der Waals surface area contributed by atoms with Crippen LogP contribution >= 0.6 is 23.1 Å². The van der Waals surface area contributed by atoms with E-state index in [2.05, 4.69) is 33.5 Å². The van der Waals surface area contributed by atoms with E-state index in [1.165, 1.54) is 10.4 Å². The summed E-state index contributed by atoms with van der Waals surface area (Å²) < 4.78 is 0. The van der Waals surface area contributed by atoms with Gasteiger partial charge in [-0.25, -0.2) is 4.98 Å². The highest BCUT2D eigenvalue weighted by molar-refractivity contribution is 7.98. The van der Waals surface area contributed by atoms with Gasteiger partial charge in [0.15, 0.2) is 5.16 Å². The minimum atomic E-state index is 0.136. The molecule has 0 aliphatic heterocycles. The Morgan fingerprint density at radius 1 is 1.10 bits per heavy atom. The molecule has 0 unspecified atom stereocenters. The summed E-state index contributed by atoms with van der Waals surface area (Å²) in [7, 11) is 0. The zero-order valence-electron chi connectivity index (χ0n) is 15.9. The van der Waals surface area contributed by atoms with E-state index in [4.69, 9.17) is 0 Å². The monoisotopic (exact) mass is 419 g/mol. The van der Waals surface area contributed by atoms with Crippen LogP contribution < -0.4 is 0 Å². The van der Waals surface area contributed by atoms with Crippen molar-refractivity contribution in [2.75, 3.05) is 0 Å². The number of H-pyrrole nitrogens is 1. The second-order valence-electron chi connectivity index (χ2n) is 7.29. The number of hydrogen-bond donors (Lipinski definition) is 1. The lowest BCUT2D eigenvalue weighted by Gasteiger charge is -2.22. The summed E-state index contributed by atoms with van der Waals surface area (Å²) in [5.41, 5.74) is 4.00. The number of amides is 1. The Labute approximate surface area is 178 Å². The average molecular weight is 420 g/mol. The quantitative estimate of drug-likeness (QED) is 0.390. The standard InChI is InChI=1S/C23H21N3OS2/c27-22(26(18-11-12-18)14-19-4-3-13-28-19)17-9-7-16(8-10-17)15-29-23-24-20-5-1-2-6-21(20)25-23/h1-10,13,18H,11-12,14-15H2,(H,24,25). The lowest BCUT2D eigenvalue weighted by molar-refractivity contribution is 0.0731. The first kappa shape index (κ1) is 18.5. The van der Waals surface area contributed by atoms with Crippen molar-refractivity contribution in [3.63, 3.8) is 0 Å². The molecule has 6 heteroatoms. The van der Waals surface area contributed by atoms with Crippen LogP contribution in [0.15, 0.2) is 71.2 Å². The number of rotatable bonds is 7. The topological polar surface area (TPSA) is 49.0 Å². The van der Waals surface area contributed by atoms with Crippen molar-refractivity contribution in [1.29, 1.82) is 0 Å². The maximum absolute atomic E-state index is 13.1. The molecular formula is C23H21N3OS2. The lowest BCUT2D eigenvalue weighted by Crippen LogP contribution is -2.32. The fourth-order valence-corrected chi connectivity index (χ4v) is 4.93. The summed E-state index contributed by atoms with van der Waals surface area (Å²) >= 11 is 3.39. The van der Waals surface area contributed by atoms with Crippen molar-refractivity contribution in [3.05, 3.63) is 82.0 Å². The van der Waals surface area contributed by atoms with Crippen molar-refractivity contribution < 1.29 is 4.79 Å². The second-order valence-corrected chi connectivity index (χ2v) is 9.28. The number of thioether (sulfide) groups is 1. The molecule has 0 bridgehead atoms. The summed E-state index contributed by atoms with van der Waals surface area (Å²) in [5, 5.41) is 2.99. The van der Waals surface area contributed by atoms with Crippen molar-refractivity contribution in [2.45, 2.75) is 36.3 Å². The van der Waals surface area contributed by atoms with Gasteiger partial charge in [-0.1, -0.05) is 42.1 Å². The molecule has 4 aromatic rings. The fourth-order valence-electron chi connectivity index (χ4n) is 3.38. The lowest BCUT2D eigenvalue weighted by atomic mass is 10.1. The van der Waals surface area contributed by atoms with Crippen molar-refractivity contribution in [2.24, 2.45) is 0 Å². The SMILES string of the molecule is O=C(c1ccc(CSc2nc3ccccc3[nH]2)cc1)N(Cc1cccs1)C1CC1. The van der Waals surface area contributed by atoms with Crippen LogP contribution in [0.3, 0.4) is 0 Å². The van der Waals surface area contributed by atoms with E-state index < -0.39 is 0 Å². The zero-order chi connectivity index (χ0) is 19.6. The highest BCUT2D eigenvalue weighted by Gasteiger charge is 2.33. The van der Waals surface area contributed by atoms with Crippen LogP contribution in [-0.4, -0.2) is 26.8 Å². The van der Waals surface area contributed by atoms with Crippen LogP contribution in [0.25, 0.3) is 11.0 Å². The molecule has 1 aliphatic rings. The number of para-hydroxylation sites is 2. The molecule has 146 valence electrons. The molecule has 29 heavy (non-hydrogen) atoms. The minimum Gasteiger partial charge on any atom is -0.333 e. The molecule has 1 N–H and O–H groups in total. The number of carbonyl (C=O) groups is 1. The molecule has 4 nitrogen and oxygen atoms in total. The first-order valence-corrected chi connectivity index (χ1v) is 11.6. The van der Waals surface area contributed by atoms with Crippen molar-refractivity contribution in [3.8, 4) is 0 Å². The second kappa shape index (κ2) is 8.05. The number of benzene rings is 2. The number of nitrogens with one attached hydrogen (secondary N) is 1. The normalized spacial score (nSPS) is 13.7. The average Bonchev–Trinajstić information content (AvgIpc) is 3.30. The molecule has 1 saturated carbocycles. The van der Waals surface area contributed by atoms with Gasteiger partial charge < -0.3 is 9.88 Å². The highest BCUT2D eigenvalue weighted by atomic mass is 32.2. The largest absolute Gasteiger partial charge is 0.333 e. The Kier molecular flexibility index (Phi) is 5.12. The van der Waals surface area contributed by atoms with E-state index >= 15 is 0 Å². The number of thiophene rings is 1. The molecular weight excluding hydrogens is 398 g/mol. The number of fused-ring (bicyclic) bond motifs is 1. The Morgan fingerprint density at radius 2 is 1.93 bits per heavy atom. The van der Waals surface area contributed by atoms with Gasteiger partial charge >= 0.3 is 0 Å². The predicted octanol–water partition coefficient (Wildman–Crippen LogP) is 5.72. The van der Waals surface area contributed by atoms with E-state index in [0.29, 0.717) is 12.6 Å². The molecule has 0 saturated heterocycles. The smallest absolute Gasteiger partial charge is 0.254 e. The molecule has 2 heterocycles. The van der Waals surface area contributed by atoms with Gasteiger partial charge in [0.25, 0.3) is 5.91 Å². The van der Waals surface area contributed by atoms with Gasteiger partial charge in [0.05, 0.1) is 17.6 Å². The molecule has 0 radical (unpaired) electrons. The summed E-state index contributed by atoms with van der Waals surface area (Å²) in [5.74, 6) is 0.952. The predicted molar refractivity (Wildman–Crippen MR) is 119 cm³/mol. The maximum Gasteiger partial charge on any atom is 0.254 e. The summed E-state index contributed by atoms with van der Waals surface area (Å²) in [6.45, 7) is 0.713. The number of nitrogens with zero attached hydrogens (tertiary/aromatic N) is 2. The van der Waals surface area contributed by atoms with Gasteiger partial charge in [0, 0.05) is 22.2 Å². The molecule has 0 spiro atoms. The fraction of sp³-hybridized carbons (Fsp3) is 0.217. The number of aromatic amines is 1. The molecule has 5 rings (SSSR count). The maximum atomic E-state index is 13.1. The highest BCUT2D eigenvalue weighted by Crippen LogP contribution is 2.31. The van der Waals surface area contributed by atoms with Gasteiger partial charge in [0.1, 0.15) is 0 Å². The third-order valence-electron chi connectivity index (χ3n) is 5.10. The van der Waals surface area contributed by atoms with Gasteiger partial charge in [0.2, 0.25) is 0 Å². The van der Waals surface area contributed by atoms with Crippen LogP contribution in [-0.2, 0) is 12.3 Å². The zero-order valence-corrected chi connectivity index (χ0v) is 17.5. The molecule has 1 aliphatic carbocycles. The van der Waals surface area contributed by atoms with Crippen LogP contribution in [0.2, 0.25) is 0 Å². The van der Waals surface area contributed by atoms with Crippen LogP contribution in [0, 0.1) is 0 Å². The number of imidazole rings is 1. The molecule has 1 fully saturated rings. The van der Waals surface area contributed by atoms with Crippen LogP contribution in [0.1, 0.15) is 33.6 Å². The first-order chi connectivity index (χ1) is 14.3. The molecule has 0 atom stereocenters.